The summed E-state index contributed by atoms with van der Waals surface area (Å²) < 4.78 is 0. The lowest BCUT2D eigenvalue weighted by Crippen LogP contribution is -2.28. The van der Waals surface area contributed by atoms with Crippen molar-refractivity contribution >= 4 is 46.4 Å². The Labute approximate surface area is 238 Å². The van der Waals surface area contributed by atoms with Crippen LogP contribution >= 0.6 is 23.5 Å². The molecule has 1 amide bonds. The zero-order valence-electron chi connectivity index (χ0n) is 21.3. The molecule has 1 aliphatic heterocycles. The number of aliphatic imine (C=N–C) groups is 1. The molecule has 2 heterocycles. The molecule has 0 unspecified atom stereocenters. The maximum absolute atomic E-state index is 13.5. The Morgan fingerprint density at radius 1 is 1.02 bits per heavy atom. The molecule has 5 rings (SSSR count). The van der Waals surface area contributed by atoms with E-state index in [1.165, 1.54) is 23.9 Å². The van der Waals surface area contributed by atoms with Crippen molar-refractivity contribution in [2.24, 2.45) is 4.99 Å². The SMILES string of the molecule is Cc1cc(=O)[nH]c(Sc2ccc(/C=C3/SC(=NCc4ccccc4)N(Cc4ccccc4)C3=O)cc2[N+](=O)[O-])n1. The van der Waals surface area contributed by atoms with Gasteiger partial charge in [0.05, 0.1) is 27.8 Å². The Morgan fingerprint density at radius 2 is 1.73 bits per heavy atom. The van der Waals surface area contributed by atoms with E-state index >= 15 is 0 Å². The van der Waals surface area contributed by atoms with E-state index in [1.807, 2.05) is 60.7 Å². The number of nitro benzene ring substituents is 1. The summed E-state index contributed by atoms with van der Waals surface area (Å²) in [7, 11) is 0. The van der Waals surface area contributed by atoms with Crippen molar-refractivity contribution in [3.8, 4) is 0 Å². The largest absolute Gasteiger partial charge is 0.301 e. The molecule has 0 aliphatic carbocycles. The summed E-state index contributed by atoms with van der Waals surface area (Å²) in [5.41, 5.74) is 2.51. The number of amidine groups is 1. The lowest BCUT2D eigenvalue weighted by Gasteiger charge is -2.15. The van der Waals surface area contributed by atoms with Crippen LogP contribution in [0.4, 0.5) is 5.69 Å². The number of amides is 1. The molecule has 0 spiro atoms. The summed E-state index contributed by atoms with van der Waals surface area (Å²) in [6.07, 6.45) is 1.64. The second kappa shape index (κ2) is 12.1. The summed E-state index contributed by atoms with van der Waals surface area (Å²) in [5.74, 6) is -0.219. The molecule has 0 radical (unpaired) electrons. The van der Waals surface area contributed by atoms with Gasteiger partial charge in [0, 0.05) is 17.8 Å². The molecule has 1 aromatic heterocycles. The van der Waals surface area contributed by atoms with Crippen LogP contribution in [0, 0.1) is 17.0 Å². The number of nitrogens with one attached hydrogen (secondary N) is 1. The number of H-pyrrole nitrogens is 1. The Balaban J connectivity index is 1.45. The van der Waals surface area contributed by atoms with Crippen LogP contribution in [0.2, 0.25) is 0 Å². The van der Waals surface area contributed by atoms with Crippen LogP contribution in [0.1, 0.15) is 22.4 Å². The average molecular weight is 570 g/mol. The molecule has 1 aliphatic rings. The van der Waals surface area contributed by atoms with Crippen molar-refractivity contribution in [3.05, 3.63) is 133 Å². The third-order valence-electron chi connectivity index (χ3n) is 5.84. The molecule has 0 saturated carbocycles. The molecule has 9 nitrogen and oxygen atoms in total. The number of hydrogen-bond acceptors (Lipinski definition) is 8. The van der Waals surface area contributed by atoms with E-state index in [4.69, 9.17) is 4.99 Å². The molecule has 1 fully saturated rings. The predicted molar refractivity (Wildman–Crippen MR) is 157 cm³/mol. The second-order valence-electron chi connectivity index (χ2n) is 8.85. The van der Waals surface area contributed by atoms with Crippen LogP contribution in [0.3, 0.4) is 0 Å². The Morgan fingerprint density at radius 3 is 2.40 bits per heavy atom. The monoisotopic (exact) mass is 569 g/mol. The molecule has 0 atom stereocenters. The Bertz CT molecular complexity index is 1690. The van der Waals surface area contributed by atoms with Gasteiger partial charge in [-0.2, -0.15) is 0 Å². The van der Waals surface area contributed by atoms with E-state index in [-0.39, 0.29) is 22.3 Å². The van der Waals surface area contributed by atoms with Crippen LogP contribution in [-0.2, 0) is 17.9 Å². The lowest BCUT2D eigenvalue weighted by molar-refractivity contribution is -0.387. The van der Waals surface area contributed by atoms with Gasteiger partial charge in [-0.25, -0.2) is 4.98 Å². The lowest BCUT2D eigenvalue weighted by atomic mass is 10.1. The van der Waals surface area contributed by atoms with Crippen molar-refractivity contribution in [1.82, 2.24) is 14.9 Å². The van der Waals surface area contributed by atoms with Crippen LogP contribution in [0.5, 0.6) is 0 Å². The van der Waals surface area contributed by atoms with Gasteiger partial charge in [0.1, 0.15) is 0 Å². The standard InChI is InChI=1S/C29H23N5O4S2/c1-19-14-26(35)32-28(31-19)39-24-13-12-22(15-23(24)34(37)38)16-25-27(36)33(18-21-10-6-3-7-11-21)29(40-25)30-17-20-8-4-2-5-9-20/h2-16H,17-18H2,1H3,(H,31,32,35)/b25-16+,30-29?. The average Bonchev–Trinajstić information content (AvgIpc) is 3.22. The molecule has 40 heavy (non-hydrogen) atoms. The molecular formula is C29H23N5O4S2. The third-order valence-corrected chi connectivity index (χ3v) is 7.84. The van der Waals surface area contributed by atoms with Gasteiger partial charge in [-0.1, -0.05) is 66.7 Å². The highest BCUT2D eigenvalue weighted by atomic mass is 32.2. The van der Waals surface area contributed by atoms with Crippen molar-refractivity contribution in [1.29, 1.82) is 0 Å². The van der Waals surface area contributed by atoms with Gasteiger partial charge in [-0.15, -0.1) is 0 Å². The van der Waals surface area contributed by atoms with Crippen LogP contribution in [0.25, 0.3) is 6.08 Å². The first-order valence-corrected chi connectivity index (χ1v) is 13.9. The van der Waals surface area contributed by atoms with E-state index < -0.39 is 4.92 Å². The van der Waals surface area contributed by atoms with E-state index in [0.29, 0.717) is 39.3 Å². The minimum Gasteiger partial charge on any atom is -0.301 e. The number of aromatic amines is 1. The minimum absolute atomic E-state index is 0.155. The number of carbonyl (C=O) groups excluding carboxylic acids is 1. The summed E-state index contributed by atoms with van der Waals surface area (Å²) in [6, 6.07) is 25.5. The highest BCUT2D eigenvalue weighted by Crippen LogP contribution is 2.37. The zero-order valence-corrected chi connectivity index (χ0v) is 22.9. The van der Waals surface area contributed by atoms with Crippen LogP contribution < -0.4 is 5.56 Å². The second-order valence-corrected chi connectivity index (χ2v) is 10.9. The number of nitro groups is 1. The number of benzene rings is 3. The highest BCUT2D eigenvalue weighted by Gasteiger charge is 2.33. The maximum atomic E-state index is 13.5. The van der Waals surface area contributed by atoms with Crippen molar-refractivity contribution in [3.63, 3.8) is 0 Å². The fraction of sp³-hybridized carbons (Fsp3) is 0.103. The van der Waals surface area contributed by atoms with Crippen molar-refractivity contribution < 1.29 is 9.72 Å². The first-order valence-electron chi connectivity index (χ1n) is 12.2. The molecular weight excluding hydrogens is 546 g/mol. The Kier molecular flexibility index (Phi) is 8.23. The van der Waals surface area contributed by atoms with Gasteiger partial charge in [0.2, 0.25) is 0 Å². The molecule has 1 N–H and O–H groups in total. The smallest absolute Gasteiger partial charge is 0.283 e. The summed E-state index contributed by atoms with van der Waals surface area (Å²) in [5, 5.41) is 12.7. The quantitative estimate of drug-likeness (QED) is 0.123. The number of carbonyl (C=O) groups is 1. The number of aromatic nitrogens is 2. The molecule has 200 valence electrons. The van der Waals surface area contributed by atoms with Crippen molar-refractivity contribution in [2.45, 2.75) is 30.1 Å². The summed E-state index contributed by atoms with van der Waals surface area (Å²) >= 11 is 2.25. The maximum Gasteiger partial charge on any atom is 0.283 e. The topological polar surface area (TPSA) is 122 Å². The first-order chi connectivity index (χ1) is 19.4. The van der Waals surface area contributed by atoms with E-state index in [2.05, 4.69) is 9.97 Å². The highest BCUT2D eigenvalue weighted by molar-refractivity contribution is 8.18. The number of thioether (sulfide) groups is 1. The van der Waals surface area contributed by atoms with Gasteiger partial charge in [0.25, 0.3) is 17.2 Å². The number of rotatable bonds is 8. The molecule has 11 heteroatoms. The first kappa shape index (κ1) is 27.1. The van der Waals surface area contributed by atoms with E-state index in [0.717, 1.165) is 22.9 Å². The predicted octanol–water partition coefficient (Wildman–Crippen LogP) is 5.81. The number of hydrogen-bond donors (Lipinski definition) is 1. The Hall–Kier alpha value is -4.48. The van der Waals surface area contributed by atoms with Crippen LogP contribution in [0.15, 0.2) is 110 Å². The summed E-state index contributed by atoms with van der Waals surface area (Å²) in [4.78, 5) is 50.6. The number of nitrogens with zero attached hydrogens (tertiary/aromatic N) is 4. The molecule has 0 bridgehead atoms. The van der Waals surface area contributed by atoms with Gasteiger partial charge in [-0.05, 0) is 59.3 Å². The van der Waals surface area contributed by atoms with E-state index in [9.17, 15) is 19.7 Å². The minimum atomic E-state index is -0.490. The van der Waals surface area contributed by atoms with E-state index in [1.54, 1.807) is 30.0 Å². The van der Waals surface area contributed by atoms with Gasteiger partial charge in [-0.3, -0.25) is 29.6 Å². The third kappa shape index (κ3) is 6.56. The molecule has 1 saturated heterocycles. The fourth-order valence-corrected chi connectivity index (χ4v) is 5.88. The van der Waals surface area contributed by atoms with Gasteiger partial charge < -0.3 is 4.98 Å². The van der Waals surface area contributed by atoms with Crippen molar-refractivity contribution in [2.75, 3.05) is 0 Å². The normalized spacial score (nSPS) is 15.2. The van der Waals surface area contributed by atoms with Gasteiger partial charge >= 0.3 is 0 Å². The fourth-order valence-electron chi connectivity index (χ4n) is 3.98. The van der Waals surface area contributed by atoms with Crippen LogP contribution in [-0.4, -0.2) is 30.9 Å². The summed E-state index contributed by atoms with van der Waals surface area (Å²) in [6.45, 7) is 2.45. The molecule has 3 aromatic carbocycles. The zero-order chi connectivity index (χ0) is 28.1. The number of aryl methyl sites for hydroxylation is 1. The molecule has 4 aromatic rings. The van der Waals surface area contributed by atoms with Gasteiger partial charge in [0.15, 0.2) is 10.3 Å².